The Morgan fingerprint density at radius 2 is 2.22 bits per heavy atom. The van der Waals surface area contributed by atoms with Crippen LogP contribution in [-0.4, -0.2) is 73.4 Å². The molecule has 0 N–H and O–H groups in total. The number of thioether (sulfide) groups is 1. The Morgan fingerprint density at radius 3 is 2.91 bits per heavy atom. The average molecular weight is 345 g/mol. The highest BCUT2D eigenvalue weighted by Gasteiger charge is 2.64. The second kappa shape index (κ2) is 6.88. The number of hydrogen-bond donors (Lipinski definition) is 0. The number of carbonyl (C=O) groups is 1. The molecule has 23 heavy (non-hydrogen) atoms. The Labute approximate surface area is 142 Å². The predicted octanol–water partition coefficient (Wildman–Crippen LogP) is 1.48. The van der Waals surface area contributed by atoms with Gasteiger partial charge < -0.3 is 23.8 Å². The number of nitrogens with zero attached hydrogens (tertiary/aromatic N) is 1. The molecule has 0 aromatic heterocycles. The molecular weight excluding hydrogens is 318 g/mol. The fourth-order valence-electron chi connectivity index (χ4n) is 3.95. The quantitative estimate of drug-likeness (QED) is 0.396. The van der Waals surface area contributed by atoms with E-state index in [1.807, 2.05) is 30.5 Å². The van der Waals surface area contributed by atoms with Gasteiger partial charge in [-0.25, -0.2) is 0 Å². The van der Waals surface area contributed by atoms with Crippen molar-refractivity contribution in [2.24, 2.45) is 5.92 Å². The number of rotatable bonds is 7. The maximum absolute atomic E-state index is 12.8. The lowest BCUT2D eigenvalue weighted by molar-refractivity contribution is -0.260. The van der Waals surface area contributed by atoms with Crippen LogP contribution in [0.25, 0.3) is 0 Å². The summed E-state index contributed by atoms with van der Waals surface area (Å²) in [5.74, 6) is 2.00. The highest BCUT2D eigenvalue weighted by atomic mass is 32.2. The zero-order valence-corrected chi connectivity index (χ0v) is 15.0. The molecule has 1 unspecified atom stereocenters. The predicted molar refractivity (Wildman–Crippen MR) is 87.2 cm³/mol. The molecule has 3 aliphatic heterocycles. The van der Waals surface area contributed by atoms with E-state index in [0.717, 1.165) is 24.3 Å². The highest BCUT2D eigenvalue weighted by molar-refractivity contribution is 7.99. The normalized spacial score (nSPS) is 36.0. The largest absolute Gasteiger partial charge is 0.382 e. The Kier molecular flexibility index (Phi) is 5.23. The molecular formula is C16H27NO5S. The summed E-state index contributed by atoms with van der Waals surface area (Å²) in [6.45, 7) is 5.92. The van der Waals surface area contributed by atoms with Crippen LogP contribution in [-0.2, 0) is 23.7 Å². The van der Waals surface area contributed by atoms with E-state index < -0.39 is 5.72 Å². The fourth-order valence-corrected chi connectivity index (χ4v) is 5.34. The van der Waals surface area contributed by atoms with Gasteiger partial charge in [0.1, 0.15) is 12.5 Å². The number of hydrogen-bond acceptors (Lipinski definition) is 6. The molecule has 3 saturated heterocycles. The molecule has 3 rings (SSSR count). The van der Waals surface area contributed by atoms with Crippen LogP contribution >= 0.6 is 11.8 Å². The number of ether oxygens (including phenoxy) is 4. The van der Waals surface area contributed by atoms with Crippen LogP contribution in [0.2, 0.25) is 0 Å². The molecule has 0 aromatic carbocycles. The van der Waals surface area contributed by atoms with Gasteiger partial charge in [-0.15, -0.1) is 0 Å². The molecule has 0 aromatic rings. The molecule has 0 aliphatic carbocycles. The maximum atomic E-state index is 12.8. The van der Waals surface area contributed by atoms with Crippen LogP contribution in [0.3, 0.4) is 0 Å². The van der Waals surface area contributed by atoms with E-state index in [9.17, 15) is 4.79 Å². The molecule has 0 bridgehead atoms. The molecule has 6 nitrogen and oxygen atoms in total. The number of amides is 1. The van der Waals surface area contributed by atoms with Crippen LogP contribution in [0.4, 0.5) is 0 Å². The summed E-state index contributed by atoms with van der Waals surface area (Å²) in [5.41, 5.74) is -0.887. The summed E-state index contributed by atoms with van der Waals surface area (Å²) in [5, 5.41) is 0. The van der Waals surface area contributed by atoms with Gasteiger partial charge in [0.15, 0.2) is 0 Å². The van der Waals surface area contributed by atoms with Crippen LogP contribution in [0, 0.1) is 5.92 Å². The Hall–Kier alpha value is -0.340. The molecule has 0 radical (unpaired) electrons. The SMILES string of the molecule is COCCOCOC1([C@@H]2C(=O)N3[C@@H]2CCOC3(C)C)CCSC1. The minimum absolute atomic E-state index is 0.0632. The Morgan fingerprint density at radius 1 is 1.39 bits per heavy atom. The summed E-state index contributed by atoms with van der Waals surface area (Å²) in [6, 6.07) is 0.226. The number of carbonyl (C=O) groups excluding carboxylic acids is 1. The van der Waals surface area contributed by atoms with Crippen molar-refractivity contribution in [1.29, 1.82) is 0 Å². The summed E-state index contributed by atoms with van der Waals surface area (Å²) in [7, 11) is 1.65. The van der Waals surface area contributed by atoms with Gasteiger partial charge in [0.2, 0.25) is 5.91 Å². The van der Waals surface area contributed by atoms with Gasteiger partial charge in [0.25, 0.3) is 0 Å². The molecule has 1 amide bonds. The van der Waals surface area contributed by atoms with E-state index in [2.05, 4.69) is 0 Å². The van der Waals surface area contributed by atoms with E-state index in [4.69, 9.17) is 18.9 Å². The van der Waals surface area contributed by atoms with Gasteiger partial charge in [-0.1, -0.05) is 0 Å². The molecule has 0 spiro atoms. The van der Waals surface area contributed by atoms with Crippen LogP contribution in [0.1, 0.15) is 26.7 Å². The monoisotopic (exact) mass is 345 g/mol. The summed E-state index contributed by atoms with van der Waals surface area (Å²) in [4.78, 5) is 14.7. The molecule has 3 heterocycles. The smallest absolute Gasteiger partial charge is 0.233 e. The number of fused-ring (bicyclic) bond motifs is 1. The summed E-state index contributed by atoms with van der Waals surface area (Å²) < 4.78 is 22.4. The standard InChI is InChI=1S/C16H27NO5S/c1-15(2)17-12(4-6-21-15)13(14(17)18)16(5-9-23-10-16)22-11-20-8-7-19-3/h12-13H,4-11H2,1-3H3/t12-,13+,16?/m1/s1. The summed E-state index contributed by atoms with van der Waals surface area (Å²) >= 11 is 1.86. The van der Waals surface area contributed by atoms with E-state index >= 15 is 0 Å². The van der Waals surface area contributed by atoms with Gasteiger partial charge in [-0.3, -0.25) is 4.79 Å². The second-order valence-corrected chi connectivity index (χ2v) is 7.97. The maximum Gasteiger partial charge on any atom is 0.233 e. The van der Waals surface area contributed by atoms with Crippen molar-refractivity contribution < 1.29 is 23.7 Å². The first-order chi connectivity index (χ1) is 11.0. The lowest BCUT2D eigenvalue weighted by Gasteiger charge is -2.61. The third-order valence-electron chi connectivity index (χ3n) is 5.11. The van der Waals surface area contributed by atoms with Crippen molar-refractivity contribution in [1.82, 2.24) is 4.90 Å². The third kappa shape index (κ3) is 3.14. The average Bonchev–Trinajstić information content (AvgIpc) is 2.94. The van der Waals surface area contributed by atoms with Gasteiger partial charge in [0, 0.05) is 12.9 Å². The zero-order chi connectivity index (χ0) is 16.5. The van der Waals surface area contributed by atoms with Crippen molar-refractivity contribution in [2.75, 3.05) is 45.2 Å². The number of β-lactam (4-membered cyclic amide) rings is 1. The zero-order valence-electron chi connectivity index (χ0n) is 14.2. The minimum atomic E-state index is -0.502. The van der Waals surface area contributed by atoms with Gasteiger partial charge >= 0.3 is 0 Å². The molecule has 3 atom stereocenters. The molecule has 3 aliphatic rings. The fraction of sp³-hybridized carbons (Fsp3) is 0.938. The van der Waals surface area contributed by atoms with E-state index in [1.54, 1.807) is 7.11 Å². The lowest BCUT2D eigenvalue weighted by atomic mass is 9.71. The van der Waals surface area contributed by atoms with Crippen LogP contribution in [0.5, 0.6) is 0 Å². The van der Waals surface area contributed by atoms with Crippen molar-refractivity contribution in [3.63, 3.8) is 0 Å². The van der Waals surface area contributed by atoms with Crippen LogP contribution in [0.15, 0.2) is 0 Å². The first kappa shape index (κ1) is 17.5. The van der Waals surface area contributed by atoms with Gasteiger partial charge in [0.05, 0.1) is 37.4 Å². The topological polar surface area (TPSA) is 57.2 Å². The van der Waals surface area contributed by atoms with E-state index in [1.165, 1.54) is 0 Å². The highest BCUT2D eigenvalue weighted by Crippen LogP contribution is 2.50. The molecule has 7 heteroatoms. The molecule has 3 fully saturated rings. The van der Waals surface area contributed by atoms with Gasteiger partial charge in [-0.2, -0.15) is 11.8 Å². The second-order valence-electron chi connectivity index (χ2n) is 6.87. The third-order valence-corrected chi connectivity index (χ3v) is 6.30. The Balaban J connectivity index is 1.66. The van der Waals surface area contributed by atoms with Crippen molar-refractivity contribution >= 4 is 17.7 Å². The Bertz CT molecular complexity index is 438. The van der Waals surface area contributed by atoms with E-state index in [0.29, 0.717) is 19.8 Å². The van der Waals surface area contributed by atoms with Gasteiger partial charge in [-0.05, 0) is 32.4 Å². The minimum Gasteiger partial charge on any atom is -0.382 e. The number of methoxy groups -OCH3 is 1. The first-order valence-electron chi connectivity index (χ1n) is 8.27. The van der Waals surface area contributed by atoms with Crippen LogP contribution < -0.4 is 0 Å². The lowest BCUT2D eigenvalue weighted by Crippen LogP contribution is -2.76. The van der Waals surface area contributed by atoms with Crippen molar-refractivity contribution in [3.05, 3.63) is 0 Å². The van der Waals surface area contributed by atoms with Crippen molar-refractivity contribution in [2.45, 2.75) is 44.1 Å². The molecule has 0 saturated carbocycles. The first-order valence-corrected chi connectivity index (χ1v) is 9.43. The van der Waals surface area contributed by atoms with E-state index in [-0.39, 0.29) is 30.3 Å². The summed E-state index contributed by atoms with van der Waals surface area (Å²) in [6.07, 6.45) is 1.80. The van der Waals surface area contributed by atoms with Crippen molar-refractivity contribution in [3.8, 4) is 0 Å². The molecule has 132 valence electrons.